The van der Waals surface area contributed by atoms with E-state index in [-0.39, 0.29) is 11.5 Å². The lowest BCUT2D eigenvalue weighted by Crippen LogP contribution is -1.94. The molecule has 0 saturated carbocycles. The Hall–Kier alpha value is -3.02. The van der Waals surface area contributed by atoms with E-state index >= 15 is 0 Å². The normalized spacial score (nSPS) is 14.7. The number of fused-ring (bicyclic) bond motifs is 2. The summed E-state index contributed by atoms with van der Waals surface area (Å²) in [6, 6.07) is 6.80. The van der Waals surface area contributed by atoms with Crippen LogP contribution >= 0.6 is 0 Å². The second kappa shape index (κ2) is 16.2. The highest BCUT2D eigenvalue weighted by molar-refractivity contribution is 5.97. The van der Waals surface area contributed by atoms with Crippen LogP contribution in [0.5, 0.6) is 5.75 Å². The Morgan fingerprint density at radius 1 is 0.949 bits per heavy atom. The van der Waals surface area contributed by atoms with Gasteiger partial charge < -0.3 is 18.7 Å². The zero-order valence-corrected chi connectivity index (χ0v) is 24.0. The minimum atomic E-state index is -0.655. The lowest BCUT2D eigenvalue weighted by Gasteiger charge is -2.06. The van der Waals surface area contributed by atoms with Gasteiger partial charge in [0, 0.05) is 29.9 Å². The molecule has 0 radical (unpaired) electrons. The van der Waals surface area contributed by atoms with Crippen LogP contribution in [-0.4, -0.2) is 18.2 Å². The third-order valence-corrected chi connectivity index (χ3v) is 7.47. The van der Waals surface area contributed by atoms with Crippen molar-refractivity contribution in [1.82, 2.24) is 0 Å². The number of aliphatic carboxylic acids is 1. The van der Waals surface area contributed by atoms with Gasteiger partial charge in [-0.1, -0.05) is 83.8 Å². The van der Waals surface area contributed by atoms with E-state index in [4.69, 9.17) is 18.7 Å². The molecule has 2 aromatic heterocycles. The van der Waals surface area contributed by atoms with Crippen LogP contribution in [-0.2, 0) is 4.79 Å². The summed E-state index contributed by atoms with van der Waals surface area (Å²) in [6.45, 7) is 4.08. The standard InChI is InChI=1S/C18H32O2.C15H14O4/c19-18(20)16-10-8-6-4-2-1-3-5-7-9-13-17-14-11-12-15-17;1-8(2)14-15(17-3)10-6-9-4-5-13(16)18-11(9)7-12(10)19-14/h11,14,17H,1-10,12-13,15-16H2,(H,19,20);4-8H,1-3H3. The van der Waals surface area contributed by atoms with Crippen LogP contribution in [0.2, 0.25) is 0 Å². The highest BCUT2D eigenvalue weighted by Crippen LogP contribution is 2.38. The molecule has 0 saturated heterocycles. The topological polar surface area (TPSA) is 89.9 Å². The molecule has 39 heavy (non-hydrogen) atoms. The molecule has 1 atom stereocenters. The number of carboxylic acids is 1. The molecule has 1 aromatic carbocycles. The van der Waals surface area contributed by atoms with Gasteiger partial charge in [-0.25, -0.2) is 4.79 Å². The third-order valence-electron chi connectivity index (χ3n) is 7.47. The monoisotopic (exact) mass is 538 g/mol. The molecule has 0 amide bonds. The second-order valence-corrected chi connectivity index (χ2v) is 11.0. The van der Waals surface area contributed by atoms with Crippen LogP contribution in [0.25, 0.3) is 21.9 Å². The SMILES string of the molecule is COc1c(C(C)C)oc2cc3oc(=O)ccc3cc12.O=C(O)CCCCCCCCCCCCC1C=CCC1. The van der Waals surface area contributed by atoms with Gasteiger partial charge in [0.05, 0.1) is 12.5 Å². The molecule has 0 spiro atoms. The zero-order chi connectivity index (χ0) is 28.0. The smallest absolute Gasteiger partial charge is 0.336 e. The number of methoxy groups -OCH3 is 1. The Kier molecular flexibility index (Phi) is 12.7. The molecule has 6 heteroatoms. The Bertz CT molecular complexity index is 1250. The highest BCUT2D eigenvalue weighted by Gasteiger charge is 2.18. The maximum Gasteiger partial charge on any atom is 0.336 e. The maximum absolute atomic E-state index is 11.2. The van der Waals surface area contributed by atoms with Gasteiger partial charge in [-0.05, 0) is 43.7 Å². The van der Waals surface area contributed by atoms with Crippen molar-refractivity contribution in [3.63, 3.8) is 0 Å². The summed E-state index contributed by atoms with van der Waals surface area (Å²) in [6.07, 6.45) is 21.9. The summed E-state index contributed by atoms with van der Waals surface area (Å²) < 4.78 is 16.4. The third kappa shape index (κ3) is 9.90. The van der Waals surface area contributed by atoms with Gasteiger partial charge in [-0.2, -0.15) is 0 Å². The molecule has 3 aromatic rings. The number of carbonyl (C=O) groups is 1. The van der Waals surface area contributed by atoms with Crippen LogP contribution in [0, 0.1) is 5.92 Å². The lowest BCUT2D eigenvalue weighted by molar-refractivity contribution is -0.137. The van der Waals surface area contributed by atoms with Crippen LogP contribution in [0.15, 0.2) is 50.0 Å². The maximum atomic E-state index is 11.2. The number of hydrogen-bond donors (Lipinski definition) is 1. The molecule has 0 bridgehead atoms. The first-order valence-corrected chi connectivity index (χ1v) is 14.8. The van der Waals surface area contributed by atoms with E-state index in [0.29, 0.717) is 17.6 Å². The summed E-state index contributed by atoms with van der Waals surface area (Å²) in [5, 5.41) is 10.3. The van der Waals surface area contributed by atoms with Gasteiger partial charge >= 0.3 is 11.6 Å². The van der Waals surface area contributed by atoms with Gasteiger partial charge in [-0.15, -0.1) is 0 Å². The number of furan rings is 1. The van der Waals surface area contributed by atoms with Crippen molar-refractivity contribution in [2.45, 2.75) is 110 Å². The summed E-state index contributed by atoms with van der Waals surface area (Å²) in [7, 11) is 1.63. The van der Waals surface area contributed by atoms with Gasteiger partial charge in [0.2, 0.25) is 0 Å². The fourth-order valence-electron chi connectivity index (χ4n) is 5.28. The summed E-state index contributed by atoms with van der Waals surface area (Å²) in [5.41, 5.74) is 0.823. The summed E-state index contributed by atoms with van der Waals surface area (Å²) in [5.74, 6) is 2.00. The number of carboxylic acid groups (broad SMARTS) is 1. The predicted octanol–water partition coefficient (Wildman–Crippen LogP) is 9.39. The van der Waals surface area contributed by atoms with E-state index in [2.05, 4.69) is 12.2 Å². The fraction of sp³-hybridized carbons (Fsp3) is 0.576. The van der Waals surface area contributed by atoms with E-state index in [0.717, 1.165) is 41.0 Å². The average Bonchev–Trinajstić information content (AvgIpc) is 3.55. The van der Waals surface area contributed by atoms with Gasteiger partial charge in [0.15, 0.2) is 5.75 Å². The number of rotatable bonds is 15. The molecule has 6 nitrogen and oxygen atoms in total. The highest BCUT2D eigenvalue weighted by atomic mass is 16.5. The van der Waals surface area contributed by atoms with Crippen molar-refractivity contribution >= 4 is 27.9 Å². The van der Waals surface area contributed by atoms with Crippen LogP contribution in [0.3, 0.4) is 0 Å². The first-order chi connectivity index (χ1) is 18.9. The molecular formula is C33H46O6. The summed E-state index contributed by atoms with van der Waals surface area (Å²) in [4.78, 5) is 21.6. The van der Waals surface area contributed by atoms with Crippen molar-refractivity contribution in [2.75, 3.05) is 7.11 Å². The molecule has 0 fully saturated rings. The Labute approximate surface area is 232 Å². The van der Waals surface area contributed by atoms with E-state index in [9.17, 15) is 9.59 Å². The largest absolute Gasteiger partial charge is 0.492 e. The van der Waals surface area contributed by atoms with Crippen molar-refractivity contribution < 1.29 is 23.5 Å². The van der Waals surface area contributed by atoms with Crippen LogP contribution < -0.4 is 10.4 Å². The van der Waals surface area contributed by atoms with Crippen molar-refractivity contribution in [3.8, 4) is 5.75 Å². The number of benzene rings is 1. The first kappa shape index (κ1) is 30.5. The van der Waals surface area contributed by atoms with Crippen molar-refractivity contribution in [2.24, 2.45) is 5.92 Å². The molecule has 2 heterocycles. The molecule has 0 aliphatic heterocycles. The Balaban J connectivity index is 0.000000216. The van der Waals surface area contributed by atoms with Crippen molar-refractivity contribution in [3.05, 3.63) is 52.6 Å². The van der Waals surface area contributed by atoms with Crippen molar-refractivity contribution in [1.29, 1.82) is 0 Å². The summed E-state index contributed by atoms with van der Waals surface area (Å²) >= 11 is 0. The molecule has 4 rings (SSSR count). The van der Waals surface area contributed by atoms with Crippen LogP contribution in [0.1, 0.15) is 115 Å². The van der Waals surface area contributed by atoms with Gasteiger partial charge in [0.25, 0.3) is 0 Å². The Morgan fingerprint density at radius 2 is 1.62 bits per heavy atom. The molecule has 1 aliphatic carbocycles. The van der Waals surface area contributed by atoms with E-state index in [1.54, 1.807) is 19.2 Å². The molecule has 1 unspecified atom stereocenters. The number of hydrogen-bond acceptors (Lipinski definition) is 5. The van der Waals surface area contributed by atoms with Gasteiger partial charge in [-0.3, -0.25) is 4.79 Å². The number of allylic oxidation sites excluding steroid dienone is 2. The second-order valence-electron chi connectivity index (χ2n) is 11.0. The van der Waals surface area contributed by atoms with Crippen LogP contribution in [0.4, 0.5) is 0 Å². The van der Waals surface area contributed by atoms with E-state index < -0.39 is 5.97 Å². The zero-order valence-electron chi connectivity index (χ0n) is 24.0. The van der Waals surface area contributed by atoms with E-state index in [1.807, 2.05) is 19.9 Å². The quantitative estimate of drug-likeness (QED) is 0.118. The average molecular weight is 539 g/mol. The minimum absolute atomic E-state index is 0.220. The fourth-order valence-corrected chi connectivity index (χ4v) is 5.28. The molecule has 1 N–H and O–H groups in total. The predicted molar refractivity (Wildman–Crippen MR) is 158 cm³/mol. The number of unbranched alkanes of at least 4 members (excludes halogenated alkanes) is 9. The first-order valence-electron chi connectivity index (χ1n) is 14.8. The number of ether oxygens (including phenoxy) is 1. The lowest BCUT2D eigenvalue weighted by atomic mass is 9.99. The Morgan fingerprint density at radius 3 is 2.21 bits per heavy atom. The molecular weight excluding hydrogens is 492 g/mol. The van der Waals surface area contributed by atoms with Gasteiger partial charge in [0.1, 0.15) is 16.9 Å². The minimum Gasteiger partial charge on any atom is -0.492 e. The molecule has 214 valence electrons. The van der Waals surface area contributed by atoms with E-state index in [1.165, 1.54) is 76.7 Å². The molecule has 1 aliphatic rings.